The Bertz CT molecular complexity index is 891. The van der Waals surface area contributed by atoms with Crippen LogP contribution in [-0.2, 0) is 6.11 Å². The van der Waals surface area contributed by atoms with E-state index in [1.54, 1.807) is 13.0 Å². The number of pyridine rings is 1. The number of allylic oxidation sites excluding steroid dienone is 2. The molecule has 1 fully saturated rings. The largest absolute Gasteiger partial charge is 0.491 e. The van der Waals surface area contributed by atoms with Gasteiger partial charge in [-0.2, -0.15) is 13.2 Å². The Morgan fingerprint density at radius 1 is 1.06 bits per heavy atom. The van der Waals surface area contributed by atoms with Crippen molar-refractivity contribution in [1.82, 2.24) is 4.98 Å². The summed E-state index contributed by atoms with van der Waals surface area (Å²) in [4.78, 5) is 3.98. The van der Waals surface area contributed by atoms with Gasteiger partial charge in [-0.1, -0.05) is 18.2 Å². The third-order valence-corrected chi connectivity index (χ3v) is 5.68. The monoisotopic (exact) mass is 437 g/mol. The molecular weight excluding hydrogens is 410 g/mol. The molecule has 7 heteroatoms. The van der Waals surface area contributed by atoms with Gasteiger partial charge in [-0.15, -0.1) is 0 Å². The summed E-state index contributed by atoms with van der Waals surface area (Å²) in [6.07, 6.45) is 7.07. The van der Waals surface area contributed by atoms with Gasteiger partial charge in [-0.25, -0.2) is 9.37 Å². The summed E-state index contributed by atoms with van der Waals surface area (Å²) in [7, 11) is 0. The molecule has 0 bridgehead atoms. The zero-order valence-corrected chi connectivity index (χ0v) is 17.7. The molecule has 0 atom stereocenters. The minimum atomic E-state index is -4.09. The normalized spacial score (nSPS) is 19.5. The van der Waals surface area contributed by atoms with Gasteiger partial charge in [0.25, 0.3) is 0 Å². The van der Waals surface area contributed by atoms with Crippen molar-refractivity contribution in [3.05, 3.63) is 65.4 Å². The van der Waals surface area contributed by atoms with E-state index in [2.05, 4.69) is 21.9 Å². The van der Waals surface area contributed by atoms with Crippen LogP contribution in [0.25, 0.3) is 0 Å². The van der Waals surface area contributed by atoms with E-state index in [9.17, 15) is 17.6 Å². The molecule has 0 unspecified atom stereocenters. The first-order valence-corrected chi connectivity index (χ1v) is 10.6. The van der Waals surface area contributed by atoms with Crippen LogP contribution in [0.15, 0.2) is 42.6 Å². The lowest BCUT2D eigenvalue weighted by Gasteiger charge is -2.28. The lowest BCUT2D eigenvalue weighted by molar-refractivity contribution is -0.189. The number of hydrogen-bond acceptors (Lipinski definition) is 3. The number of alkyl halides is 2. The molecule has 1 aromatic carbocycles. The minimum Gasteiger partial charge on any atom is -0.491 e. The molecule has 3 rings (SSSR count). The molecule has 1 aliphatic carbocycles. The lowest BCUT2D eigenvalue weighted by atomic mass is 9.78. The van der Waals surface area contributed by atoms with Crippen molar-refractivity contribution < 1.29 is 27.0 Å². The van der Waals surface area contributed by atoms with E-state index in [-0.39, 0.29) is 12.5 Å². The maximum absolute atomic E-state index is 14.5. The topological polar surface area (TPSA) is 31.4 Å². The summed E-state index contributed by atoms with van der Waals surface area (Å²) < 4.78 is 66.6. The van der Waals surface area contributed by atoms with Gasteiger partial charge in [0.15, 0.2) is 11.6 Å². The fourth-order valence-electron chi connectivity index (χ4n) is 3.96. The van der Waals surface area contributed by atoms with Crippen LogP contribution in [0.1, 0.15) is 63.0 Å². The highest BCUT2D eigenvalue weighted by Gasteiger charge is 2.40. The van der Waals surface area contributed by atoms with Crippen LogP contribution in [0.4, 0.5) is 17.6 Å². The number of halogens is 4. The molecule has 0 N–H and O–H groups in total. The Morgan fingerprint density at radius 2 is 1.81 bits per heavy atom. The second-order valence-electron chi connectivity index (χ2n) is 7.74. The number of aromatic nitrogens is 1. The van der Waals surface area contributed by atoms with Gasteiger partial charge in [0, 0.05) is 12.3 Å². The van der Waals surface area contributed by atoms with Crippen molar-refractivity contribution >= 4 is 0 Å². The van der Waals surface area contributed by atoms with Crippen LogP contribution in [-0.4, -0.2) is 11.6 Å². The fraction of sp³-hybridized carbons (Fsp3) is 0.458. The smallest absolute Gasteiger partial charge is 0.430 e. The maximum atomic E-state index is 14.5. The van der Waals surface area contributed by atoms with Crippen LogP contribution >= 0.6 is 0 Å². The van der Waals surface area contributed by atoms with Crippen LogP contribution in [0.5, 0.6) is 11.6 Å². The van der Waals surface area contributed by atoms with Crippen molar-refractivity contribution in [3.8, 4) is 11.6 Å². The quantitative estimate of drug-likeness (QED) is 0.325. The Balaban J connectivity index is 1.66. The molecule has 0 aliphatic heterocycles. The summed E-state index contributed by atoms with van der Waals surface area (Å²) in [6, 6.07) is 4.77. The molecule has 2 aromatic rings. The number of ether oxygens (including phenoxy) is 2. The molecule has 1 aromatic heterocycles. The number of rotatable bonds is 8. The summed E-state index contributed by atoms with van der Waals surface area (Å²) in [5, 5.41) is 0. The zero-order chi connectivity index (χ0) is 22.4. The van der Waals surface area contributed by atoms with Gasteiger partial charge in [-0.3, -0.25) is 0 Å². The molecule has 168 valence electrons. The average Bonchev–Trinajstić information content (AvgIpc) is 2.76. The van der Waals surface area contributed by atoms with E-state index >= 15 is 0 Å². The van der Waals surface area contributed by atoms with Crippen LogP contribution < -0.4 is 9.47 Å². The molecule has 1 heterocycles. The Hall–Kier alpha value is -2.57. The van der Waals surface area contributed by atoms with Gasteiger partial charge >= 0.3 is 6.11 Å². The Morgan fingerprint density at radius 3 is 2.42 bits per heavy atom. The third-order valence-electron chi connectivity index (χ3n) is 5.68. The van der Waals surface area contributed by atoms with Crippen molar-refractivity contribution in [3.63, 3.8) is 0 Å². The third kappa shape index (κ3) is 5.57. The maximum Gasteiger partial charge on any atom is 0.430 e. The number of benzene rings is 1. The fourth-order valence-corrected chi connectivity index (χ4v) is 3.96. The summed E-state index contributed by atoms with van der Waals surface area (Å²) in [6.45, 7) is 3.68. The van der Waals surface area contributed by atoms with Gasteiger partial charge in [0.1, 0.15) is 5.56 Å². The predicted octanol–water partition coefficient (Wildman–Crippen LogP) is 7.13. The highest BCUT2D eigenvalue weighted by atomic mass is 19.3. The highest BCUT2D eigenvalue weighted by Crippen LogP contribution is 2.38. The molecule has 31 heavy (non-hydrogen) atoms. The summed E-state index contributed by atoms with van der Waals surface area (Å²) in [5.74, 6) is -2.95. The summed E-state index contributed by atoms with van der Waals surface area (Å²) in [5.41, 5.74) is -0.239. The van der Waals surface area contributed by atoms with Crippen molar-refractivity contribution in [2.45, 2.75) is 58.0 Å². The van der Waals surface area contributed by atoms with E-state index in [0.29, 0.717) is 11.8 Å². The van der Waals surface area contributed by atoms with E-state index in [1.165, 1.54) is 12.3 Å². The van der Waals surface area contributed by atoms with Crippen molar-refractivity contribution in [2.75, 3.05) is 6.61 Å². The van der Waals surface area contributed by atoms with E-state index in [0.717, 1.165) is 49.8 Å². The summed E-state index contributed by atoms with van der Waals surface area (Å²) >= 11 is 0. The van der Waals surface area contributed by atoms with Crippen LogP contribution in [0, 0.1) is 17.6 Å². The highest BCUT2D eigenvalue weighted by molar-refractivity contribution is 5.33. The first-order valence-electron chi connectivity index (χ1n) is 10.6. The Kier molecular flexibility index (Phi) is 7.57. The van der Waals surface area contributed by atoms with Crippen molar-refractivity contribution in [1.29, 1.82) is 0 Å². The van der Waals surface area contributed by atoms with E-state index in [1.807, 2.05) is 6.92 Å². The van der Waals surface area contributed by atoms with E-state index in [4.69, 9.17) is 4.74 Å². The molecule has 1 saturated carbocycles. The second-order valence-corrected chi connectivity index (χ2v) is 7.74. The molecule has 1 aliphatic rings. The number of nitrogens with zero attached hydrogens (tertiary/aromatic N) is 1. The molecular formula is C24H27F4NO2. The SMILES string of the molecule is CC=CCC1CCC(c2ccc(OC(F)(F)c3ccc(OCC)c(F)c3F)nc2)CC1. The first-order chi connectivity index (χ1) is 14.9. The second kappa shape index (κ2) is 10.2. The Labute approximate surface area is 180 Å². The van der Waals surface area contributed by atoms with Crippen molar-refractivity contribution in [2.24, 2.45) is 5.92 Å². The van der Waals surface area contributed by atoms with Crippen LogP contribution in [0.2, 0.25) is 0 Å². The van der Waals surface area contributed by atoms with Gasteiger partial charge in [-0.05, 0) is 75.5 Å². The average molecular weight is 437 g/mol. The molecule has 0 radical (unpaired) electrons. The lowest BCUT2D eigenvalue weighted by Crippen LogP contribution is -2.24. The van der Waals surface area contributed by atoms with Gasteiger partial charge in [0.2, 0.25) is 11.7 Å². The molecule has 0 spiro atoms. The van der Waals surface area contributed by atoms with Gasteiger partial charge < -0.3 is 9.47 Å². The molecule has 0 saturated heterocycles. The standard InChI is InChI=1S/C24H27F4NO2/c1-3-5-6-16-7-9-17(10-8-16)18-11-14-21(29-15-18)31-24(27,28)19-12-13-20(30-4-2)23(26)22(19)25/h3,5,11-17H,4,6-10H2,1-2H3. The molecule has 0 amide bonds. The predicted molar refractivity (Wildman–Crippen MR) is 110 cm³/mol. The minimum absolute atomic E-state index is 0.0797. The first kappa shape index (κ1) is 23.1. The zero-order valence-electron chi connectivity index (χ0n) is 17.7. The van der Waals surface area contributed by atoms with E-state index < -0.39 is 29.1 Å². The van der Waals surface area contributed by atoms with Crippen LogP contribution in [0.3, 0.4) is 0 Å². The molecule has 3 nitrogen and oxygen atoms in total. The van der Waals surface area contributed by atoms with Gasteiger partial charge in [0.05, 0.1) is 6.61 Å². The number of hydrogen-bond donors (Lipinski definition) is 0.